The predicted octanol–water partition coefficient (Wildman–Crippen LogP) is 12.5. The summed E-state index contributed by atoms with van der Waals surface area (Å²) in [5, 5.41) is 0. The molecule has 0 saturated carbocycles. The van der Waals surface area contributed by atoms with Gasteiger partial charge in [-0.25, -0.2) is 0 Å². The van der Waals surface area contributed by atoms with E-state index in [9.17, 15) is 14.4 Å². The molecule has 0 aliphatic rings. The normalized spacial score (nSPS) is 11.7. The van der Waals surface area contributed by atoms with Crippen molar-refractivity contribution in [3.05, 3.63) is 24.3 Å². The van der Waals surface area contributed by atoms with Crippen LogP contribution in [0.25, 0.3) is 0 Å². The lowest BCUT2D eigenvalue weighted by atomic mass is 10.0. The molecule has 0 amide bonds. The van der Waals surface area contributed by atoms with Gasteiger partial charge in [-0.1, -0.05) is 141 Å². The molecule has 0 radical (unpaired) electrons. The lowest BCUT2D eigenvalue weighted by molar-refractivity contribution is -0.130. The van der Waals surface area contributed by atoms with Crippen molar-refractivity contribution in [1.82, 2.24) is 0 Å². The Labute approximate surface area is 262 Å². The Morgan fingerprint density at radius 1 is 0.333 bits per heavy atom. The van der Waals surface area contributed by atoms with Crippen LogP contribution < -0.4 is 0 Å². The van der Waals surface area contributed by atoms with Gasteiger partial charge in [0.2, 0.25) is 0 Å². The number of rotatable bonds is 34. The Kier molecular flexibility index (Phi) is 32.8. The standard InChI is InChI=1S/C39H70O3/c1-3-5-7-9-11-13-15-17-19-21-23-25-27-29-31-33-37(40)35-39(42)36-38(41)34-32-30-28-26-24-22-20-18-16-14-12-10-8-6-4-2/h17-20H,3-16,21-36H2,1-2H3/b19-17-,20-18-. The van der Waals surface area contributed by atoms with Crippen molar-refractivity contribution in [2.24, 2.45) is 0 Å². The van der Waals surface area contributed by atoms with E-state index in [0.29, 0.717) is 12.8 Å². The SMILES string of the molecule is CCCCCCCC/C=C\CCCCCCCC(=O)CC(=O)CC(=O)CCCCCCC/C=C\CCCCCCCC. The average Bonchev–Trinajstić information content (AvgIpc) is 2.97. The van der Waals surface area contributed by atoms with Crippen LogP contribution >= 0.6 is 0 Å². The molecule has 0 atom stereocenters. The molecular weight excluding hydrogens is 516 g/mol. The van der Waals surface area contributed by atoms with Crippen LogP contribution in [0.15, 0.2) is 24.3 Å². The van der Waals surface area contributed by atoms with Crippen LogP contribution in [0.1, 0.15) is 206 Å². The number of carbonyl (C=O) groups is 3. The van der Waals surface area contributed by atoms with E-state index in [1.54, 1.807) is 0 Å². The van der Waals surface area contributed by atoms with Crippen LogP contribution in [0, 0.1) is 0 Å². The minimum Gasteiger partial charge on any atom is -0.299 e. The highest BCUT2D eigenvalue weighted by Crippen LogP contribution is 2.13. The highest BCUT2D eigenvalue weighted by Gasteiger charge is 2.13. The fraction of sp³-hybridized carbons (Fsp3) is 0.821. The van der Waals surface area contributed by atoms with Crippen molar-refractivity contribution in [2.45, 2.75) is 206 Å². The van der Waals surface area contributed by atoms with Crippen molar-refractivity contribution in [3.8, 4) is 0 Å². The van der Waals surface area contributed by atoms with Crippen molar-refractivity contribution < 1.29 is 14.4 Å². The minimum absolute atomic E-state index is 0.00597. The third-order valence-electron chi connectivity index (χ3n) is 8.22. The van der Waals surface area contributed by atoms with Gasteiger partial charge in [-0.15, -0.1) is 0 Å². The quantitative estimate of drug-likeness (QED) is 0.0428. The largest absolute Gasteiger partial charge is 0.299 e. The van der Waals surface area contributed by atoms with Gasteiger partial charge in [-0.05, 0) is 64.2 Å². The number of hydrogen-bond acceptors (Lipinski definition) is 3. The van der Waals surface area contributed by atoms with E-state index in [2.05, 4.69) is 38.2 Å². The molecule has 0 rings (SSSR count). The zero-order valence-electron chi connectivity index (χ0n) is 28.2. The summed E-state index contributed by atoms with van der Waals surface area (Å²) in [7, 11) is 0. The summed E-state index contributed by atoms with van der Waals surface area (Å²) in [6, 6.07) is 0. The van der Waals surface area contributed by atoms with Gasteiger partial charge in [0.15, 0.2) is 0 Å². The van der Waals surface area contributed by atoms with Gasteiger partial charge in [-0.3, -0.25) is 14.4 Å². The Balaban J connectivity index is 3.48. The zero-order valence-corrected chi connectivity index (χ0v) is 28.2. The second-order valence-electron chi connectivity index (χ2n) is 12.6. The summed E-state index contributed by atoms with van der Waals surface area (Å²) in [5.41, 5.74) is 0. The van der Waals surface area contributed by atoms with E-state index in [4.69, 9.17) is 0 Å². The third kappa shape index (κ3) is 33.0. The maximum absolute atomic E-state index is 12.1. The highest BCUT2D eigenvalue weighted by atomic mass is 16.2. The molecule has 0 aliphatic heterocycles. The van der Waals surface area contributed by atoms with Crippen LogP contribution in [-0.2, 0) is 14.4 Å². The Bertz CT molecular complexity index is 619. The third-order valence-corrected chi connectivity index (χ3v) is 8.22. The summed E-state index contributed by atoms with van der Waals surface area (Å²) >= 11 is 0. The molecule has 3 heteroatoms. The predicted molar refractivity (Wildman–Crippen MR) is 183 cm³/mol. The Morgan fingerprint density at radius 3 is 0.905 bits per heavy atom. The van der Waals surface area contributed by atoms with Crippen molar-refractivity contribution in [2.75, 3.05) is 0 Å². The first-order valence-electron chi connectivity index (χ1n) is 18.4. The summed E-state index contributed by atoms with van der Waals surface area (Å²) in [6.45, 7) is 4.52. The van der Waals surface area contributed by atoms with E-state index in [1.807, 2.05) is 0 Å². The molecule has 0 bridgehead atoms. The van der Waals surface area contributed by atoms with Crippen LogP contribution in [0.5, 0.6) is 0 Å². The van der Waals surface area contributed by atoms with Crippen LogP contribution in [-0.4, -0.2) is 17.3 Å². The molecule has 0 saturated heterocycles. The number of carbonyl (C=O) groups excluding carboxylic acids is 3. The fourth-order valence-electron chi connectivity index (χ4n) is 5.46. The molecule has 0 heterocycles. The smallest absolute Gasteiger partial charge is 0.147 e. The molecule has 0 spiro atoms. The molecule has 0 aromatic carbocycles. The summed E-state index contributed by atoms with van der Waals surface area (Å²) in [6.07, 6.45) is 42.3. The second kappa shape index (κ2) is 34.0. The van der Waals surface area contributed by atoms with E-state index >= 15 is 0 Å². The molecular formula is C39H70O3. The van der Waals surface area contributed by atoms with Gasteiger partial charge in [0.25, 0.3) is 0 Å². The van der Waals surface area contributed by atoms with E-state index in [-0.39, 0.29) is 30.2 Å². The maximum Gasteiger partial charge on any atom is 0.147 e. The average molecular weight is 587 g/mol. The van der Waals surface area contributed by atoms with Crippen molar-refractivity contribution >= 4 is 17.3 Å². The van der Waals surface area contributed by atoms with E-state index in [1.165, 1.54) is 116 Å². The van der Waals surface area contributed by atoms with E-state index in [0.717, 1.165) is 51.4 Å². The highest BCUT2D eigenvalue weighted by molar-refractivity contribution is 6.07. The number of unbranched alkanes of at least 4 members (excludes halogenated alkanes) is 22. The molecule has 0 aromatic heterocycles. The first kappa shape index (κ1) is 40.5. The van der Waals surface area contributed by atoms with Gasteiger partial charge >= 0.3 is 0 Å². The maximum atomic E-state index is 12.1. The van der Waals surface area contributed by atoms with Gasteiger partial charge in [0, 0.05) is 12.8 Å². The first-order valence-corrected chi connectivity index (χ1v) is 18.4. The van der Waals surface area contributed by atoms with Crippen molar-refractivity contribution in [1.29, 1.82) is 0 Å². The number of allylic oxidation sites excluding steroid dienone is 4. The molecule has 0 aromatic rings. The fourth-order valence-corrected chi connectivity index (χ4v) is 5.46. The molecule has 42 heavy (non-hydrogen) atoms. The molecule has 3 nitrogen and oxygen atoms in total. The Morgan fingerprint density at radius 2 is 0.595 bits per heavy atom. The van der Waals surface area contributed by atoms with Gasteiger partial charge < -0.3 is 0 Å². The molecule has 0 aliphatic carbocycles. The minimum atomic E-state index is -0.189. The summed E-state index contributed by atoms with van der Waals surface area (Å²) in [4.78, 5) is 36.4. The number of Topliss-reactive ketones (excluding diaryl/α,β-unsaturated/α-hetero) is 3. The lowest BCUT2D eigenvalue weighted by Crippen LogP contribution is -2.12. The molecule has 244 valence electrons. The Hall–Kier alpha value is -1.51. The van der Waals surface area contributed by atoms with Gasteiger partial charge in [-0.2, -0.15) is 0 Å². The first-order chi connectivity index (χ1) is 20.6. The summed E-state index contributed by atoms with van der Waals surface area (Å²) in [5.74, 6) is -0.177. The van der Waals surface area contributed by atoms with Crippen LogP contribution in [0.2, 0.25) is 0 Å². The van der Waals surface area contributed by atoms with Gasteiger partial charge in [0.05, 0.1) is 12.8 Å². The monoisotopic (exact) mass is 587 g/mol. The van der Waals surface area contributed by atoms with Crippen LogP contribution in [0.4, 0.5) is 0 Å². The zero-order chi connectivity index (χ0) is 30.8. The molecule has 0 fully saturated rings. The second-order valence-corrected chi connectivity index (χ2v) is 12.6. The number of ketones is 3. The van der Waals surface area contributed by atoms with E-state index < -0.39 is 0 Å². The number of hydrogen-bond donors (Lipinski definition) is 0. The topological polar surface area (TPSA) is 51.2 Å². The lowest BCUT2D eigenvalue weighted by Gasteiger charge is -2.03. The van der Waals surface area contributed by atoms with Gasteiger partial charge in [0.1, 0.15) is 17.3 Å². The molecule has 0 N–H and O–H groups in total. The summed E-state index contributed by atoms with van der Waals surface area (Å²) < 4.78 is 0. The van der Waals surface area contributed by atoms with Crippen molar-refractivity contribution in [3.63, 3.8) is 0 Å². The molecule has 0 unspecified atom stereocenters. The van der Waals surface area contributed by atoms with Crippen LogP contribution in [0.3, 0.4) is 0 Å².